The maximum absolute atomic E-state index is 12.9. The van der Waals surface area contributed by atoms with Crippen LogP contribution >= 0.6 is 11.3 Å². The van der Waals surface area contributed by atoms with Gasteiger partial charge in [-0.1, -0.05) is 32.9 Å². The number of hydrogen-bond donors (Lipinski definition) is 2. The number of carbonyl (C=O) groups is 1. The highest BCUT2D eigenvalue weighted by Crippen LogP contribution is 2.37. The zero-order valence-corrected chi connectivity index (χ0v) is 17.5. The number of sulfonamides is 1. The third kappa shape index (κ3) is 4.02. The molecule has 146 valence electrons. The van der Waals surface area contributed by atoms with Crippen LogP contribution in [0.1, 0.15) is 47.1 Å². The Morgan fingerprint density at radius 2 is 1.89 bits per heavy atom. The van der Waals surface area contributed by atoms with Gasteiger partial charge in [-0.05, 0) is 41.6 Å². The SMILES string of the molecule is COC(=O)c1c(NS(=O)(=O)c2ccc(C(C)(C)C)cc2)sc2c1CCNC2. The van der Waals surface area contributed by atoms with Crippen molar-refractivity contribution in [1.29, 1.82) is 0 Å². The van der Waals surface area contributed by atoms with E-state index in [2.05, 4.69) is 30.8 Å². The van der Waals surface area contributed by atoms with Crippen molar-refractivity contribution >= 4 is 32.3 Å². The summed E-state index contributed by atoms with van der Waals surface area (Å²) in [4.78, 5) is 13.4. The Balaban J connectivity index is 1.96. The number of carbonyl (C=O) groups excluding carboxylic acids is 1. The van der Waals surface area contributed by atoms with Gasteiger partial charge in [0.2, 0.25) is 0 Å². The Morgan fingerprint density at radius 3 is 2.48 bits per heavy atom. The van der Waals surface area contributed by atoms with Crippen molar-refractivity contribution in [2.45, 2.75) is 44.0 Å². The van der Waals surface area contributed by atoms with E-state index in [9.17, 15) is 13.2 Å². The van der Waals surface area contributed by atoms with E-state index < -0.39 is 16.0 Å². The minimum Gasteiger partial charge on any atom is -0.465 e. The Morgan fingerprint density at radius 1 is 1.22 bits per heavy atom. The largest absolute Gasteiger partial charge is 0.465 e. The quantitative estimate of drug-likeness (QED) is 0.759. The minimum atomic E-state index is -3.81. The third-order valence-corrected chi connectivity index (χ3v) is 7.22. The van der Waals surface area contributed by atoms with Crippen LogP contribution in [0.2, 0.25) is 0 Å². The number of benzene rings is 1. The van der Waals surface area contributed by atoms with Crippen LogP contribution in [0.3, 0.4) is 0 Å². The van der Waals surface area contributed by atoms with Crippen molar-refractivity contribution in [3.05, 3.63) is 45.8 Å². The smallest absolute Gasteiger partial charge is 0.341 e. The highest BCUT2D eigenvalue weighted by atomic mass is 32.2. The molecule has 0 bridgehead atoms. The van der Waals surface area contributed by atoms with Gasteiger partial charge in [0.05, 0.1) is 17.6 Å². The average molecular weight is 409 g/mol. The second-order valence-electron chi connectivity index (χ2n) is 7.51. The van der Waals surface area contributed by atoms with E-state index in [0.717, 1.165) is 22.5 Å². The van der Waals surface area contributed by atoms with Gasteiger partial charge in [0.1, 0.15) is 5.00 Å². The fraction of sp³-hybridized carbons (Fsp3) is 0.421. The van der Waals surface area contributed by atoms with E-state index >= 15 is 0 Å². The Hall–Kier alpha value is -1.90. The predicted octanol–water partition coefficient (Wildman–Crippen LogP) is 3.28. The summed E-state index contributed by atoms with van der Waals surface area (Å²) in [6, 6.07) is 6.82. The first-order chi connectivity index (χ1) is 12.6. The van der Waals surface area contributed by atoms with Gasteiger partial charge in [0.25, 0.3) is 10.0 Å². The van der Waals surface area contributed by atoms with Crippen molar-refractivity contribution in [3.63, 3.8) is 0 Å². The molecule has 1 aliphatic rings. The number of fused-ring (bicyclic) bond motifs is 1. The summed E-state index contributed by atoms with van der Waals surface area (Å²) in [5.74, 6) is -0.518. The van der Waals surface area contributed by atoms with Crippen LogP contribution in [-0.4, -0.2) is 28.0 Å². The first kappa shape index (κ1) is 19.9. The van der Waals surface area contributed by atoms with Gasteiger partial charge in [0, 0.05) is 11.4 Å². The molecule has 3 rings (SSSR count). The molecule has 1 aliphatic heterocycles. The molecule has 0 fully saturated rings. The number of ether oxygens (including phenoxy) is 1. The molecule has 2 N–H and O–H groups in total. The highest BCUT2D eigenvalue weighted by molar-refractivity contribution is 7.93. The zero-order chi connectivity index (χ0) is 19.8. The van der Waals surface area contributed by atoms with Gasteiger partial charge in [0.15, 0.2) is 0 Å². The Bertz CT molecular complexity index is 955. The third-order valence-electron chi connectivity index (χ3n) is 4.58. The molecule has 0 radical (unpaired) electrons. The molecule has 1 aromatic carbocycles. The van der Waals surface area contributed by atoms with Crippen LogP contribution in [0, 0.1) is 0 Å². The van der Waals surface area contributed by atoms with Crippen molar-refractivity contribution in [2.24, 2.45) is 0 Å². The second kappa shape index (κ2) is 7.26. The van der Waals surface area contributed by atoms with Crippen LogP contribution in [-0.2, 0) is 33.1 Å². The molecular formula is C19H24N2O4S2. The predicted molar refractivity (Wildman–Crippen MR) is 107 cm³/mol. The minimum absolute atomic E-state index is 0.0619. The normalized spacial score (nSPS) is 14.5. The zero-order valence-electron chi connectivity index (χ0n) is 15.9. The molecular weight excluding hydrogens is 384 g/mol. The molecule has 8 heteroatoms. The second-order valence-corrected chi connectivity index (χ2v) is 10.3. The van der Waals surface area contributed by atoms with Crippen LogP contribution in [0.5, 0.6) is 0 Å². The molecule has 0 aliphatic carbocycles. The number of methoxy groups -OCH3 is 1. The fourth-order valence-electron chi connectivity index (χ4n) is 3.04. The number of nitrogens with one attached hydrogen (secondary N) is 2. The van der Waals surface area contributed by atoms with E-state index in [-0.39, 0.29) is 10.3 Å². The molecule has 6 nitrogen and oxygen atoms in total. The van der Waals surface area contributed by atoms with Gasteiger partial charge < -0.3 is 10.1 Å². The summed E-state index contributed by atoms with van der Waals surface area (Å²) in [5, 5.41) is 3.55. The molecule has 0 unspecified atom stereocenters. The van der Waals surface area contributed by atoms with E-state index in [1.807, 2.05) is 12.1 Å². The van der Waals surface area contributed by atoms with E-state index in [1.165, 1.54) is 18.4 Å². The number of rotatable bonds is 4. The van der Waals surface area contributed by atoms with Gasteiger partial charge in [-0.25, -0.2) is 13.2 Å². The molecule has 1 aromatic heterocycles. The molecule has 0 atom stereocenters. The lowest BCUT2D eigenvalue weighted by Crippen LogP contribution is -2.23. The molecule has 2 heterocycles. The number of anilines is 1. The number of hydrogen-bond acceptors (Lipinski definition) is 6. The fourth-order valence-corrected chi connectivity index (χ4v) is 5.55. The summed E-state index contributed by atoms with van der Waals surface area (Å²) in [6.07, 6.45) is 0.665. The standard InChI is InChI=1S/C19H24N2O4S2/c1-19(2,3)12-5-7-13(8-6-12)27(23,24)21-17-16(18(22)25-4)14-9-10-20-11-15(14)26-17/h5-8,20-21H,9-11H2,1-4H3. The molecule has 2 aromatic rings. The summed E-state index contributed by atoms with van der Waals surface area (Å²) >= 11 is 1.28. The summed E-state index contributed by atoms with van der Waals surface area (Å²) in [7, 11) is -2.50. The molecule has 27 heavy (non-hydrogen) atoms. The lowest BCUT2D eigenvalue weighted by atomic mass is 9.87. The monoisotopic (exact) mass is 408 g/mol. The Kier molecular flexibility index (Phi) is 5.33. The Labute approximate surface area is 164 Å². The van der Waals surface area contributed by atoms with E-state index in [1.54, 1.807) is 12.1 Å². The summed E-state index contributed by atoms with van der Waals surface area (Å²) in [6.45, 7) is 7.57. The van der Waals surface area contributed by atoms with Crippen LogP contribution in [0.15, 0.2) is 29.2 Å². The maximum Gasteiger partial charge on any atom is 0.341 e. The molecule has 0 amide bonds. The van der Waals surface area contributed by atoms with Crippen molar-refractivity contribution in [2.75, 3.05) is 18.4 Å². The summed E-state index contributed by atoms with van der Waals surface area (Å²) < 4.78 is 33.2. The number of thiophene rings is 1. The van der Waals surface area contributed by atoms with Crippen molar-refractivity contribution < 1.29 is 17.9 Å². The van der Waals surface area contributed by atoms with E-state index in [0.29, 0.717) is 23.5 Å². The van der Waals surface area contributed by atoms with Gasteiger partial charge in [-0.2, -0.15) is 0 Å². The number of esters is 1. The van der Waals surface area contributed by atoms with Crippen molar-refractivity contribution in [3.8, 4) is 0 Å². The lowest BCUT2D eigenvalue weighted by Gasteiger charge is -2.19. The van der Waals surface area contributed by atoms with Crippen molar-refractivity contribution in [1.82, 2.24) is 5.32 Å². The van der Waals surface area contributed by atoms with Gasteiger partial charge in [-0.3, -0.25) is 4.72 Å². The summed E-state index contributed by atoms with van der Waals surface area (Å²) in [5.41, 5.74) is 2.18. The highest BCUT2D eigenvalue weighted by Gasteiger charge is 2.28. The average Bonchev–Trinajstić information content (AvgIpc) is 2.97. The molecule has 0 saturated carbocycles. The first-order valence-corrected chi connectivity index (χ1v) is 11.0. The molecule has 0 saturated heterocycles. The topological polar surface area (TPSA) is 84.5 Å². The van der Waals surface area contributed by atoms with Crippen LogP contribution < -0.4 is 10.0 Å². The van der Waals surface area contributed by atoms with Gasteiger partial charge in [-0.15, -0.1) is 11.3 Å². The first-order valence-electron chi connectivity index (χ1n) is 8.70. The molecule has 0 spiro atoms. The van der Waals surface area contributed by atoms with Gasteiger partial charge >= 0.3 is 5.97 Å². The lowest BCUT2D eigenvalue weighted by molar-refractivity contribution is 0.0601. The van der Waals surface area contributed by atoms with Crippen LogP contribution in [0.4, 0.5) is 5.00 Å². The van der Waals surface area contributed by atoms with E-state index in [4.69, 9.17) is 4.74 Å². The van der Waals surface area contributed by atoms with Crippen LogP contribution in [0.25, 0.3) is 0 Å². The maximum atomic E-state index is 12.9.